The first kappa shape index (κ1) is 21.8. The van der Waals surface area contributed by atoms with E-state index in [1.807, 2.05) is 31.2 Å². The minimum Gasteiger partial charge on any atom is -0.464 e. The molecule has 3 aromatic heterocycles. The van der Waals surface area contributed by atoms with Gasteiger partial charge in [-0.1, -0.05) is 30.0 Å². The van der Waals surface area contributed by atoms with Crippen molar-refractivity contribution in [3.63, 3.8) is 0 Å². The first-order chi connectivity index (χ1) is 15.6. The number of thioether (sulfide) groups is 1. The first-order valence-electron chi connectivity index (χ1n) is 9.68. The normalized spacial score (nSPS) is 10.8. The van der Waals surface area contributed by atoms with Crippen molar-refractivity contribution in [2.75, 3.05) is 17.7 Å². The van der Waals surface area contributed by atoms with Crippen LogP contribution < -0.4 is 5.32 Å². The maximum atomic E-state index is 12.7. The van der Waals surface area contributed by atoms with Crippen LogP contribution in [-0.4, -0.2) is 44.4 Å². The molecule has 0 spiro atoms. The molecule has 3 heterocycles. The minimum atomic E-state index is -0.522. The van der Waals surface area contributed by atoms with Crippen molar-refractivity contribution in [2.24, 2.45) is 0 Å². The molecule has 1 aromatic carbocycles. The number of thiophene rings is 1. The molecule has 0 saturated heterocycles. The lowest BCUT2D eigenvalue weighted by Gasteiger charge is -2.08. The Balaban J connectivity index is 1.50. The number of rotatable bonds is 8. The molecule has 4 aromatic rings. The summed E-state index contributed by atoms with van der Waals surface area (Å²) in [5, 5.41) is 17.2. The fourth-order valence-electron chi connectivity index (χ4n) is 2.98. The van der Waals surface area contributed by atoms with Crippen LogP contribution in [0.2, 0.25) is 0 Å². The topological polar surface area (TPSA) is 112 Å². The Kier molecular flexibility index (Phi) is 6.66. The van der Waals surface area contributed by atoms with Gasteiger partial charge in [0.15, 0.2) is 0 Å². The van der Waals surface area contributed by atoms with Gasteiger partial charge in [-0.15, -0.1) is 16.4 Å². The molecule has 9 nitrogen and oxygen atoms in total. The van der Waals surface area contributed by atoms with Gasteiger partial charge in [0.05, 0.1) is 24.3 Å². The first-order valence-corrected chi connectivity index (χ1v) is 11.5. The molecule has 164 valence electrons. The largest absolute Gasteiger partial charge is 0.464 e. The van der Waals surface area contributed by atoms with Crippen molar-refractivity contribution in [3.8, 4) is 17.0 Å². The van der Waals surface area contributed by atoms with Gasteiger partial charge in [0.2, 0.25) is 11.1 Å². The van der Waals surface area contributed by atoms with Crippen LogP contribution in [0.25, 0.3) is 17.0 Å². The van der Waals surface area contributed by atoms with E-state index < -0.39 is 5.97 Å². The third-order valence-electron chi connectivity index (χ3n) is 4.43. The van der Waals surface area contributed by atoms with Gasteiger partial charge in [0.25, 0.3) is 0 Å². The number of esters is 1. The number of aromatic nitrogens is 4. The lowest BCUT2D eigenvalue weighted by atomic mass is 10.1. The number of hydrogen-bond acceptors (Lipinski definition) is 9. The van der Waals surface area contributed by atoms with E-state index in [9.17, 15) is 9.59 Å². The summed E-state index contributed by atoms with van der Waals surface area (Å²) in [4.78, 5) is 25.2. The molecule has 0 fully saturated rings. The summed E-state index contributed by atoms with van der Waals surface area (Å²) < 4.78 is 12.2. The summed E-state index contributed by atoms with van der Waals surface area (Å²) in [6.45, 7) is 3.91. The summed E-state index contributed by atoms with van der Waals surface area (Å²) >= 11 is 2.43. The number of ether oxygens (including phenoxy) is 1. The molecular formula is C21H19N5O4S2. The van der Waals surface area contributed by atoms with Gasteiger partial charge < -0.3 is 14.5 Å². The van der Waals surface area contributed by atoms with Crippen LogP contribution >= 0.6 is 23.1 Å². The highest BCUT2D eigenvalue weighted by Crippen LogP contribution is 2.36. The van der Waals surface area contributed by atoms with E-state index in [1.54, 1.807) is 29.1 Å². The van der Waals surface area contributed by atoms with Crippen LogP contribution in [0.5, 0.6) is 0 Å². The molecule has 0 bridgehead atoms. The van der Waals surface area contributed by atoms with E-state index >= 15 is 0 Å². The van der Waals surface area contributed by atoms with Gasteiger partial charge in [0, 0.05) is 10.9 Å². The van der Waals surface area contributed by atoms with Crippen LogP contribution in [0.3, 0.4) is 0 Å². The number of nitrogens with one attached hydrogen (secondary N) is 1. The number of furan rings is 1. The van der Waals surface area contributed by atoms with Gasteiger partial charge in [-0.2, -0.15) is 4.68 Å². The second-order valence-corrected chi connectivity index (χ2v) is 8.37. The van der Waals surface area contributed by atoms with Gasteiger partial charge >= 0.3 is 5.97 Å². The van der Waals surface area contributed by atoms with Gasteiger partial charge in [-0.25, -0.2) is 4.79 Å². The van der Waals surface area contributed by atoms with Crippen molar-refractivity contribution in [2.45, 2.75) is 19.0 Å². The summed E-state index contributed by atoms with van der Waals surface area (Å²) in [6.07, 6.45) is 1.52. The molecule has 0 radical (unpaired) electrons. The van der Waals surface area contributed by atoms with E-state index in [0.29, 0.717) is 21.5 Å². The highest BCUT2D eigenvalue weighted by atomic mass is 32.2. The smallest absolute Gasteiger partial charge is 0.341 e. The summed E-state index contributed by atoms with van der Waals surface area (Å²) in [5.41, 5.74) is 2.69. The van der Waals surface area contributed by atoms with Crippen LogP contribution in [-0.2, 0) is 9.53 Å². The van der Waals surface area contributed by atoms with E-state index in [4.69, 9.17) is 9.15 Å². The minimum absolute atomic E-state index is 0.0580. The monoisotopic (exact) mass is 469 g/mol. The molecule has 0 unspecified atom stereocenters. The molecule has 0 atom stereocenters. The highest BCUT2D eigenvalue weighted by Gasteiger charge is 2.24. The van der Waals surface area contributed by atoms with Crippen LogP contribution in [0.15, 0.2) is 57.6 Å². The van der Waals surface area contributed by atoms with E-state index in [-0.39, 0.29) is 23.8 Å². The summed E-state index contributed by atoms with van der Waals surface area (Å²) in [7, 11) is 0. The van der Waals surface area contributed by atoms with E-state index in [2.05, 4.69) is 20.8 Å². The van der Waals surface area contributed by atoms with Crippen molar-refractivity contribution in [1.82, 2.24) is 20.2 Å². The Hall–Kier alpha value is -3.44. The predicted molar refractivity (Wildman–Crippen MR) is 121 cm³/mol. The van der Waals surface area contributed by atoms with Gasteiger partial charge in [-0.05, 0) is 48.0 Å². The number of aryl methyl sites for hydroxylation is 1. The lowest BCUT2D eigenvalue weighted by molar-refractivity contribution is -0.113. The number of anilines is 1. The number of tetrazole rings is 1. The molecule has 4 rings (SSSR count). The van der Waals surface area contributed by atoms with Crippen LogP contribution in [0.1, 0.15) is 22.8 Å². The quantitative estimate of drug-likeness (QED) is 0.302. The van der Waals surface area contributed by atoms with Crippen LogP contribution in [0.4, 0.5) is 5.00 Å². The fraction of sp³-hybridized carbons (Fsp3) is 0.190. The number of nitrogens with zero attached hydrogens (tertiary/aromatic N) is 4. The molecular weight excluding hydrogens is 450 g/mol. The third kappa shape index (κ3) is 4.58. The molecule has 0 saturated carbocycles. The average molecular weight is 470 g/mol. The Bertz CT molecular complexity index is 1230. The van der Waals surface area contributed by atoms with Gasteiger partial charge in [0.1, 0.15) is 16.3 Å². The highest BCUT2D eigenvalue weighted by molar-refractivity contribution is 7.99. The molecule has 11 heteroatoms. The summed E-state index contributed by atoms with van der Waals surface area (Å²) in [6, 6.07) is 11.2. The zero-order valence-electron chi connectivity index (χ0n) is 17.3. The zero-order chi connectivity index (χ0) is 22.5. The number of para-hydroxylation sites is 1. The number of benzene rings is 1. The predicted octanol–water partition coefficient (Wildman–Crippen LogP) is 4.20. The second kappa shape index (κ2) is 9.79. The summed E-state index contributed by atoms with van der Waals surface area (Å²) in [5.74, 6) is -0.237. The van der Waals surface area contributed by atoms with Crippen LogP contribution in [0, 0.1) is 6.92 Å². The maximum absolute atomic E-state index is 12.7. The lowest BCUT2D eigenvalue weighted by Crippen LogP contribution is -2.16. The molecule has 1 amide bonds. The molecule has 32 heavy (non-hydrogen) atoms. The number of hydrogen-bond donors (Lipinski definition) is 1. The van der Waals surface area contributed by atoms with E-state index in [1.165, 1.54) is 29.4 Å². The van der Waals surface area contributed by atoms with Crippen molar-refractivity contribution < 1.29 is 18.7 Å². The SMILES string of the molecule is CCOC(=O)c1c(-c2ccco2)csc1NC(=O)CSc1nnnn1-c1ccccc1C. The van der Waals surface area contributed by atoms with Crippen molar-refractivity contribution in [1.29, 1.82) is 0 Å². The third-order valence-corrected chi connectivity index (χ3v) is 6.24. The molecule has 0 aliphatic carbocycles. The molecule has 1 N–H and O–H groups in total. The number of amides is 1. The van der Waals surface area contributed by atoms with Crippen molar-refractivity contribution >= 4 is 40.0 Å². The maximum Gasteiger partial charge on any atom is 0.341 e. The Morgan fingerprint density at radius 3 is 2.84 bits per heavy atom. The average Bonchev–Trinajstić information content (AvgIpc) is 3.53. The Labute approximate surface area is 191 Å². The van der Waals surface area contributed by atoms with Crippen molar-refractivity contribution in [3.05, 3.63) is 59.2 Å². The zero-order valence-corrected chi connectivity index (χ0v) is 18.9. The molecule has 0 aliphatic rings. The number of carbonyl (C=O) groups is 2. The standard InChI is InChI=1S/C21H19N5O4S2/c1-3-29-20(28)18-14(16-9-6-10-30-16)11-31-19(18)22-17(27)12-32-21-23-24-25-26(21)15-8-5-4-7-13(15)2/h4-11H,3,12H2,1-2H3,(H,22,27). The molecule has 0 aliphatic heterocycles. The van der Waals surface area contributed by atoms with E-state index in [0.717, 1.165) is 11.3 Å². The van der Waals surface area contributed by atoms with Gasteiger partial charge in [-0.3, -0.25) is 4.79 Å². The number of carbonyl (C=O) groups excluding carboxylic acids is 2. The Morgan fingerprint density at radius 1 is 1.25 bits per heavy atom. The fourth-order valence-corrected chi connectivity index (χ4v) is 4.62. The Morgan fingerprint density at radius 2 is 2.09 bits per heavy atom. The second-order valence-electron chi connectivity index (χ2n) is 6.55.